The zero-order valence-electron chi connectivity index (χ0n) is 12.4. The molecule has 26 heavy (non-hydrogen) atoms. The summed E-state index contributed by atoms with van der Waals surface area (Å²) in [6.07, 6.45) is -4.35. The molecule has 0 aliphatic carbocycles. The number of hydrogen-bond donors (Lipinski definition) is 0. The summed E-state index contributed by atoms with van der Waals surface area (Å²) in [7, 11) is -6.24. The quantitative estimate of drug-likeness (QED) is 0.236. The second kappa shape index (κ2) is 7.11. The number of halogens is 5. The summed E-state index contributed by atoms with van der Waals surface area (Å²) < 4.78 is 94.7. The van der Waals surface area contributed by atoms with Gasteiger partial charge in [-0.25, -0.2) is 0 Å². The van der Waals surface area contributed by atoms with Gasteiger partial charge in [-0.2, -0.15) is 30.4 Å². The van der Waals surface area contributed by atoms with Gasteiger partial charge < -0.3 is 4.74 Å². The van der Waals surface area contributed by atoms with Gasteiger partial charge in [0.05, 0.1) is 0 Å². The molecule has 0 aliphatic heterocycles. The van der Waals surface area contributed by atoms with Gasteiger partial charge in [0.1, 0.15) is 0 Å². The number of alkyl halides is 5. The Hall–Kier alpha value is -2.34. The molecule has 0 atom stereocenters. The predicted octanol–water partition coefficient (Wildman–Crippen LogP) is 3.98. The van der Waals surface area contributed by atoms with Crippen LogP contribution >= 0.6 is 12.2 Å². The lowest BCUT2D eigenvalue weighted by molar-refractivity contribution is -0.117. The maximum absolute atomic E-state index is 14.2. The smallest absolute Gasteiger partial charge is 0.424 e. The van der Waals surface area contributed by atoms with E-state index in [2.05, 4.69) is 26.4 Å². The van der Waals surface area contributed by atoms with E-state index in [1.165, 1.54) is 18.2 Å². The summed E-state index contributed by atoms with van der Waals surface area (Å²) in [6.45, 7) is 0. The molecule has 140 valence electrons. The normalized spacial score (nSPS) is 13.5. The Bertz CT molecular complexity index is 952. The molecule has 0 aliphatic rings. The Kier molecular flexibility index (Phi) is 5.47. The minimum Gasteiger partial charge on any atom is -0.424 e. The topological polar surface area (TPSA) is 65.0 Å². The maximum Gasteiger partial charge on any atom is 0.536 e. The van der Waals surface area contributed by atoms with Crippen molar-refractivity contribution < 1.29 is 39.4 Å². The first-order valence-corrected chi connectivity index (χ1v) is 8.43. The van der Waals surface area contributed by atoms with E-state index in [4.69, 9.17) is 0 Å². The summed E-state index contributed by atoms with van der Waals surface area (Å²) in [5.74, 6) is 0. The van der Waals surface area contributed by atoms with Crippen molar-refractivity contribution in [2.24, 2.45) is 5.16 Å². The highest BCUT2D eigenvalue weighted by Crippen LogP contribution is 2.30. The van der Waals surface area contributed by atoms with Crippen LogP contribution in [0.1, 0.15) is 5.56 Å². The van der Waals surface area contributed by atoms with E-state index in [-0.39, 0.29) is 10.9 Å². The van der Waals surface area contributed by atoms with Crippen LogP contribution < -0.4 is 0 Å². The molecule has 5 nitrogen and oxygen atoms in total. The molecule has 0 saturated heterocycles. The van der Waals surface area contributed by atoms with Gasteiger partial charge in [0, 0.05) is 5.56 Å². The second-order valence-corrected chi connectivity index (χ2v) is 6.38. The van der Waals surface area contributed by atoms with Crippen LogP contribution in [0.25, 0.3) is 10.8 Å². The molecule has 0 heterocycles. The number of rotatable bonds is 6. The Morgan fingerprint density at radius 2 is 1.65 bits per heavy atom. The Morgan fingerprint density at radius 1 is 1.04 bits per heavy atom. The third-order valence-corrected chi connectivity index (χ3v) is 3.96. The fourth-order valence-corrected chi connectivity index (χ4v) is 2.31. The number of hydrogen-bond acceptors (Lipinski definition) is 6. The number of thiocarbonyl (C=S) groups is 1. The van der Waals surface area contributed by atoms with Gasteiger partial charge in [-0.05, 0) is 23.0 Å². The first-order chi connectivity index (χ1) is 12.0. The van der Waals surface area contributed by atoms with Crippen LogP contribution in [0.5, 0.6) is 0 Å². The van der Waals surface area contributed by atoms with E-state index in [1.807, 2.05) is 0 Å². The van der Waals surface area contributed by atoms with Crippen molar-refractivity contribution in [3.05, 3.63) is 48.0 Å². The summed E-state index contributed by atoms with van der Waals surface area (Å²) in [6, 6.07) is 9.95. The van der Waals surface area contributed by atoms with Crippen LogP contribution in [0.4, 0.5) is 22.0 Å². The SMILES string of the molecule is O=S(=O)(ON=C(c1cccc2ccccc12)C(F)(F)OC=S)C(F)(F)F. The van der Waals surface area contributed by atoms with E-state index in [9.17, 15) is 30.4 Å². The first kappa shape index (κ1) is 20.0. The van der Waals surface area contributed by atoms with Crippen LogP contribution in [0, 0.1) is 0 Å². The molecule has 0 unspecified atom stereocenters. The van der Waals surface area contributed by atoms with Crippen molar-refractivity contribution in [1.29, 1.82) is 0 Å². The molecule has 2 aromatic carbocycles. The molecule has 12 heteroatoms. The van der Waals surface area contributed by atoms with Gasteiger partial charge in [0.15, 0.2) is 5.55 Å². The van der Waals surface area contributed by atoms with Crippen LogP contribution in [0.15, 0.2) is 47.6 Å². The van der Waals surface area contributed by atoms with Crippen molar-refractivity contribution in [3.8, 4) is 0 Å². The van der Waals surface area contributed by atoms with E-state index in [0.717, 1.165) is 6.07 Å². The van der Waals surface area contributed by atoms with Crippen LogP contribution in [0.3, 0.4) is 0 Å². The van der Waals surface area contributed by atoms with Gasteiger partial charge in [-0.3, -0.25) is 4.28 Å². The van der Waals surface area contributed by atoms with Gasteiger partial charge in [0.2, 0.25) is 5.71 Å². The highest BCUT2D eigenvalue weighted by atomic mass is 32.2. The third-order valence-electron chi connectivity index (χ3n) is 3.03. The highest BCUT2D eigenvalue weighted by Gasteiger charge is 2.50. The van der Waals surface area contributed by atoms with Crippen molar-refractivity contribution in [2.45, 2.75) is 11.6 Å². The predicted molar refractivity (Wildman–Crippen MR) is 86.2 cm³/mol. The van der Waals surface area contributed by atoms with E-state index < -0.39 is 33.0 Å². The van der Waals surface area contributed by atoms with Gasteiger partial charge in [-0.15, -0.1) is 0 Å². The average molecular weight is 413 g/mol. The molecule has 0 amide bonds. The number of benzene rings is 2. The molecule has 0 spiro atoms. The number of nitrogens with zero attached hydrogens (tertiary/aromatic N) is 1. The van der Waals surface area contributed by atoms with Crippen molar-refractivity contribution in [3.63, 3.8) is 0 Å². The largest absolute Gasteiger partial charge is 0.536 e. The van der Waals surface area contributed by atoms with Gasteiger partial charge in [0.25, 0.3) is 0 Å². The zero-order valence-corrected chi connectivity index (χ0v) is 14.0. The van der Waals surface area contributed by atoms with E-state index in [1.54, 1.807) is 18.2 Å². The number of oxime groups is 1. The van der Waals surface area contributed by atoms with E-state index >= 15 is 0 Å². The molecule has 0 N–H and O–H groups in total. The van der Waals surface area contributed by atoms with Gasteiger partial charge in [-0.1, -0.05) is 47.6 Å². The Balaban J connectivity index is 2.66. The molecule has 0 radical (unpaired) electrons. The third kappa shape index (κ3) is 4.07. The van der Waals surface area contributed by atoms with Crippen LogP contribution in [0.2, 0.25) is 0 Å². The molecule has 2 rings (SSSR count). The molecular formula is C14H8F5NO4S2. The molecule has 2 aromatic rings. The lowest BCUT2D eigenvalue weighted by atomic mass is 10.0. The second-order valence-electron chi connectivity index (χ2n) is 4.67. The zero-order chi connectivity index (χ0) is 19.6. The molecular weight excluding hydrogens is 405 g/mol. The number of fused-ring (bicyclic) bond motifs is 1. The van der Waals surface area contributed by atoms with Crippen molar-refractivity contribution in [1.82, 2.24) is 0 Å². The van der Waals surface area contributed by atoms with Crippen molar-refractivity contribution >= 4 is 44.4 Å². The van der Waals surface area contributed by atoms with Crippen LogP contribution in [-0.2, 0) is 19.1 Å². The number of ether oxygens (including phenoxy) is 1. The van der Waals surface area contributed by atoms with Crippen LogP contribution in [-0.4, -0.2) is 31.3 Å². The summed E-state index contributed by atoms with van der Waals surface area (Å²) >= 11 is 4.16. The Labute approximate surface area is 149 Å². The molecule has 0 bridgehead atoms. The summed E-state index contributed by atoms with van der Waals surface area (Å²) in [5, 5.41) is 3.13. The fourth-order valence-electron chi connectivity index (χ4n) is 1.94. The minimum absolute atomic E-state index is 0.148. The first-order valence-electron chi connectivity index (χ1n) is 6.55. The summed E-state index contributed by atoms with van der Waals surface area (Å²) in [5.41, 5.74) is -7.58. The highest BCUT2D eigenvalue weighted by molar-refractivity contribution is 7.87. The lowest BCUT2D eigenvalue weighted by Gasteiger charge is -2.18. The fraction of sp³-hybridized carbons (Fsp3) is 0.143. The van der Waals surface area contributed by atoms with E-state index in [0.29, 0.717) is 5.39 Å². The lowest BCUT2D eigenvalue weighted by Crippen LogP contribution is -2.34. The minimum atomic E-state index is -6.24. The van der Waals surface area contributed by atoms with Gasteiger partial charge >= 0.3 is 21.7 Å². The Morgan fingerprint density at radius 3 is 2.27 bits per heavy atom. The maximum atomic E-state index is 14.2. The summed E-state index contributed by atoms with van der Waals surface area (Å²) in [4.78, 5) is 0. The average Bonchev–Trinajstić information content (AvgIpc) is 2.53. The van der Waals surface area contributed by atoms with Crippen molar-refractivity contribution in [2.75, 3.05) is 0 Å². The molecule has 0 fully saturated rings. The standard InChI is InChI=1S/C14H8F5NO4S2/c15-13(16,23-8-25)12(20-24-26(21,22)14(17,18)19)11-7-3-5-9-4-1-2-6-10(9)11/h1-8H. The molecule has 0 aromatic heterocycles. The monoisotopic (exact) mass is 413 g/mol. The molecule has 0 saturated carbocycles.